The van der Waals surface area contributed by atoms with Gasteiger partial charge in [0.2, 0.25) is 5.91 Å². The maximum absolute atomic E-state index is 12.7. The maximum atomic E-state index is 12.7. The Hall–Kier alpha value is -2.65. The molecule has 1 unspecified atom stereocenters. The van der Waals surface area contributed by atoms with Crippen LogP contribution in [0.25, 0.3) is 0 Å². The van der Waals surface area contributed by atoms with Crippen LogP contribution in [-0.4, -0.2) is 33.9 Å². The van der Waals surface area contributed by atoms with Crippen LogP contribution >= 0.6 is 11.8 Å². The molecule has 0 spiro atoms. The zero-order valence-corrected chi connectivity index (χ0v) is 16.1. The van der Waals surface area contributed by atoms with Crippen molar-refractivity contribution in [2.45, 2.75) is 37.6 Å². The van der Waals surface area contributed by atoms with Crippen molar-refractivity contribution >= 4 is 23.5 Å². The highest BCUT2D eigenvalue weighted by Crippen LogP contribution is 2.28. The second kappa shape index (κ2) is 8.63. The zero-order chi connectivity index (χ0) is 19.3. The highest BCUT2D eigenvalue weighted by atomic mass is 32.2. The Morgan fingerprint density at radius 3 is 2.54 bits per heavy atom. The number of ketones is 1. The number of nitriles is 1. The molecular weight excluding hydrogens is 346 g/mol. The summed E-state index contributed by atoms with van der Waals surface area (Å²) in [5, 5.41) is 9.44. The van der Waals surface area contributed by atoms with Crippen LogP contribution in [0.5, 0.6) is 0 Å². The van der Waals surface area contributed by atoms with Crippen molar-refractivity contribution < 1.29 is 9.59 Å². The number of hydrogen-bond donors (Lipinski definition) is 0. The summed E-state index contributed by atoms with van der Waals surface area (Å²) >= 11 is 1.24. The average Bonchev–Trinajstić information content (AvgIpc) is 2.61. The van der Waals surface area contributed by atoms with Crippen LogP contribution in [0.15, 0.2) is 41.4 Å². The highest BCUT2D eigenvalue weighted by molar-refractivity contribution is 8.00. The first-order chi connectivity index (χ1) is 12.3. The number of carbonyl (C=O) groups is 2. The summed E-state index contributed by atoms with van der Waals surface area (Å²) in [6.45, 7) is 5.50. The van der Waals surface area contributed by atoms with E-state index in [-0.39, 0.29) is 11.7 Å². The molecule has 26 heavy (non-hydrogen) atoms. The summed E-state index contributed by atoms with van der Waals surface area (Å²) in [4.78, 5) is 30.3. The van der Waals surface area contributed by atoms with E-state index >= 15 is 0 Å². The molecule has 0 saturated carbocycles. The molecule has 0 aliphatic rings. The molecule has 5 nitrogen and oxygen atoms in total. The summed E-state index contributed by atoms with van der Waals surface area (Å²) < 4.78 is 0. The Morgan fingerprint density at radius 2 is 1.96 bits per heavy atom. The van der Waals surface area contributed by atoms with Gasteiger partial charge in [-0.05, 0) is 32.4 Å². The Labute approximate surface area is 158 Å². The summed E-state index contributed by atoms with van der Waals surface area (Å²) in [7, 11) is 1.76. The minimum Gasteiger partial charge on any atom is -0.340 e. The average molecular weight is 367 g/mol. The van der Waals surface area contributed by atoms with E-state index in [1.165, 1.54) is 18.7 Å². The van der Waals surface area contributed by atoms with Gasteiger partial charge in [-0.1, -0.05) is 42.1 Å². The molecule has 1 aromatic heterocycles. The summed E-state index contributed by atoms with van der Waals surface area (Å²) in [6, 6.07) is 13.4. The third kappa shape index (κ3) is 4.70. The van der Waals surface area contributed by atoms with Gasteiger partial charge in [0.15, 0.2) is 5.78 Å². The monoisotopic (exact) mass is 367 g/mol. The number of Topliss-reactive ketones (excluding diaryl/α,β-unsaturated/α-hetero) is 1. The highest BCUT2D eigenvalue weighted by Gasteiger charge is 2.22. The van der Waals surface area contributed by atoms with Gasteiger partial charge >= 0.3 is 0 Å². The fraction of sp³-hybridized carbons (Fsp3) is 0.300. The van der Waals surface area contributed by atoms with Crippen molar-refractivity contribution in [1.82, 2.24) is 9.88 Å². The third-order valence-corrected chi connectivity index (χ3v) is 5.04. The molecule has 134 valence electrons. The van der Waals surface area contributed by atoms with Gasteiger partial charge in [0.05, 0.1) is 10.8 Å². The van der Waals surface area contributed by atoms with Crippen LogP contribution in [0.1, 0.15) is 41.0 Å². The molecule has 1 aromatic carbocycles. The summed E-state index contributed by atoms with van der Waals surface area (Å²) in [5.41, 5.74) is 2.37. The number of nitrogens with zero attached hydrogens (tertiary/aromatic N) is 3. The number of aryl methyl sites for hydroxylation is 1. The Balaban J connectivity index is 2.14. The first-order valence-corrected chi connectivity index (χ1v) is 9.09. The quantitative estimate of drug-likeness (QED) is 0.576. The molecule has 0 aliphatic heterocycles. The zero-order valence-electron chi connectivity index (χ0n) is 15.3. The van der Waals surface area contributed by atoms with Gasteiger partial charge in [0.1, 0.15) is 11.1 Å². The van der Waals surface area contributed by atoms with Crippen LogP contribution in [0.4, 0.5) is 0 Å². The normalized spacial score (nSPS) is 11.5. The summed E-state index contributed by atoms with van der Waals surface area (Å²) in [6.07, 6.45) is 0. The molecule has 0 radical (unpaired) electrons. The third-order valence-electron chi connectivity index (χ3n) is 3.95. The van der Waals surface area contributed by atoms with Gasteiger partial charge in [-0.3, -0.25) is 9.59 Å². The number of amides is 1. The number of pyridine rings is 1. The van der Waals surface area contributed by atoms with E-state index in [1.807, 2.05) is 30.3 Å². The first kappa shape index (κ1) is 19.7. The fourth-order valence-electron chi connectivity index (χ4n) is 2.57. The van der Waals surface area contributed by atoms with Gasteiger partial charge in [-0.15, -0.1) is 0 Å². The SMILES string of the molecule is CC(=O)c1cc(C#N)c(SC(C)C(=O)N(C)Cc2ccccc2)nc1C. The second-order valence-electron chi connectivity index (χ2n) is 6.08. The van der Waals surface area contributed by atoms with Crippen molar-refractivity contribution in [1.29, 1.82) is 5.26 Å². The minimum absolute atomic E-state index is 0.0437. The number of aromatic nitrogens is 1. The number of thioether (sulfide) groups is 1. The topological polar surface area (TPSA) is 74.1 Å². The molecule has 0 N–H and O–H groups in total. The minimum atomic E-state index is -0.397. The molecule has 0 aliphatic carbocycles. The molecule has 0 saturated heterocycles. The van der Waals surface area contributed by atoms with Gasteiger partial charge in [0, 0.05) is 24.8 Å². The first-order valence-electron chi connectivity index (χ1n) is 8.21. The van der Waals surface area contributed by atoms with Crippen LogP contribution in [0.2, 0.25) is 0 Å². The fourth-order valence-corrected chi connectivity index (χ4v) is 3.61. The van der Waals surface area contributed by atoms with Crippen molar-refractivity contribution in [2.24, 2.45) is 0 Å². The predicted molar refractivity (Wildman–Crippen MR) is 102 cm³/mol. The lowest BCUT2D eigenvalue weighted by Gasteiger charge is -2.21. The number of carbonyl (C=O) groups excluding carboxylic acids is 2. The van der Waals surface area contributed by atoms with E-state index in [0.29, 0.717) is 28.4 Å². The van der Waals surface area contributed by atoms with Crippen molar-refractivity contribution in [3.63, 3.8) is 0 Å². The molecule has 1 heterocycles. The second-order valence-corrected chi connectivity index (χ2v) is 7.41. The van der Waals surface area contributed by atoms with Crippen LogP contribution < -0.4 is 0 Å². The lowest BCUT2D eigenvalue weighted by atomic mass is 10.1. The molecule has 0 fully saturated rings. The van der Waals surface area contributed by atoms with Crippen molar-refractivity contribution in [2.75, 3.05) is 7.05 Å². The van der Waals surface area contributed by atoms with E-state index in [4.69, 9.17) is 0 Å². The molecule has 0 bridgehead atoms. The van der Waals surface area contributed by atoms with Crippen LogP contribution in [-0.2, 0) is 11.3 Å². The van der Waals surface area contributed by atoms with Gasteiger partial charge < -0.3 is 4.90 Å². The lowest BCUT2D eigenvalue weighted by Crippen LogP contribution is -2.32. The van der Waals surface area contributed by atoms with Gasteiger partial charge in [-0.25, -0.2) is 4.98 Å². The van der Waals surface area contributed by atoms with E-state index in [0.717, 1.165) is 5.56 Å². The van der Waals surface area contributed by atoms with E-state index < -0.39 is 5.25 Å². The lowest BCUT2D eigenvalue weighted by molar-refractivity contribution is -0.129. The van der Waals surface area contributed by atoms with E-state index in [1.54, 1.807) is 31.9 Å². The van der Waals surface area contributed by atoms with Crippen LogP contribution in [0.3, 0.4) is 0 Å². The molecule has 2 aromatic rings. The Kier molecular flexibility index (Phi) is 6.53. The molecular formula is C20H21N3O2S. The summed E-state index contributed by atoms with van der Waals surface area (Å²) in [5.74, 6) is -0.174. The standard InChI is InChI=1S/C20H21N3O2S/c1-13-18(14(2)24)10-17(11-21)19(22-13)26-15(3)20(25)23(4)12-16-8-6-5-7-9-16/h5-10,15H,12H2,1-4H3. The Bertz CT molecular complexity index is 859. The number of rotatable bonds is 6. The predicted octanol–water partition coefficient (Wildman–Crippen LogP) is 3.60. The van der Waals surface area contributed by atoms with E-state index in [9.17, 15) is 14.9 Å². The van der Waals surface area contributed by atoms with Crippen LogP contribution in [0, 0.1) is 18.3 Å². The van der Waals surface area contributed by atoms with Gasteiger partial charge in [0.25, 0.3) is 0 Å². The molecule has 1 amide bonds. The largest absolute Gasteiger partial charge is 0.340 e. The van der Waals surface area contributed by atoms with E-state index in [2.05, 4.69) is 11.1 Å². The molecule has 6 heteroatoms. The smallest absolute Gasteiger partial charge is 0.235 e. The van der Waals surface area contributed by atoms with Crippen molar-refractivity contribution in [3.05, 3.63) is 58.8 Å². The van der Waals surface area contributed by atoms with Crippen molar-refractivity contribution in [3.8, 4) is 6.07 Å². The number of hydrogen-bond acceptors (Lipinski definition) is 5. The maximum Gasteiger partial charge on any atom is 0.235 e. The van der Waals surface area contributed by atoms with Gasteiger partial charge in [-0.2, -0.15) is 5.26 Å². The molecule has 2 rings (SSSR count). The number of benzene rings is 1. The Morgan fingerprint density at radius 1 is 1.31 bits per heavy atom. The molecule has 1 atom stereocenters.